The van der Waals surface area contributed by atoms with E-state index in [0.717, 1.165) is 16.9 Å². The molecule has 1 aromatic rings. The molecule has 0 saturated heterocycles. The molecule has 0 saturated carbocycles. The molecule has 0 amide bonds. The van der Waals surface area contributed by atoms with Crippen LogP contribution in [0.2, 0.25) is 0 Å². The van der Waals surface area contributed by atoms with Crippen LogP contribution in [0.5, 0.6) is 0 Å². The van der Waals surface area contributed by atoms with Gasteiger partial charge in [0.25, 0.3) is 0 Å². The highest BCUT2D eigenvalue weighted by Gasteiger charge is 2.02. The normalized spacial score (nSPS) is 14.4. The molecule has 0 spiro atoms. The summed E-state index contributed by atoms with van der Waals surface area (Å²) in [6, 6.07) is 9.94. The van der Waals surface area contributed by atoms with Crippen LogP contribution in [0.4, 0.5) is 0 Å². The molecule has 0 aromatic heterocycles. The molecule has 1 aromatic carbocycles. The lowest BCUT2D eigenvalue weighted by Gasteiger charge is -2.12. The fourth-order valence-corrected chi connectivity index (χ4v) is 1.69. The largest absolute Gasteiger partial charge is 0.369 e. The fourth-order valence-electron chi connectivity index (χ4n) is 1.69. The van der Waals surface area contributed by atoms with Gasteiger partial charge in [-0.2, -0.15) is 0 Å². The van der Waals surface area contributed by atoms with Gasteiger partial charge in [0, 0.05) is 11.7 Å². The second-order valence-electron chi connectivity index (χ2n) is 4.25. The van der Waals surface area contributed by atoms with Gasteiger partial charge in [0.05, 0.1) is 0 Å². The molecule has 19 heavy (non-hydrogen) atoms. The fraction of sp³-hybridized carbons (Fsp3) is 0.125. The first kappa shape index (κ1) is 15.1. The monoisotopic (exact) mass is 252 g/mol. The molecule has 0 fully saturated rings. The molecule has 3 heteroatoms. The Hall–Kier alpha value is -2.00. The minimum absolute atomic E-state index is 0.102. The van der Waals surface area contributed by atoms with Crippen LogP contribution in [-0.4, -0.2) is 7.85 Å². The topological polar surface area (TPSA) is 38.0 Å². The van der Waals surface area contributed by atoms with Crippen LogP contribution in [0, 0.1) is 0 Å². The van der Waals surface area contributed by atoms with E-state index in [1.54, 1.807) is 6.08 Å². The molecule has 0 radical (unpaired) electrons. The summed E-state index contributed by atoms with van der Waals surface area (Å²) < 4.78 is 0. The minimum atomic E-state index is -0.102. The second-order valence-corrected chi connectivity index (χ2v) is 4.25. The average Bonchev–Trinajstić information content (AvgIpc) is 2.44. The van der Waals surface area contributed by atoms with Crippen molar-refractivity contribution in [2.75, 3.05) is 0 Å². The number of nitrogens with one attached hydrogen (secondary N) is 1. The molecule has 0 aliphatic heterocycles. The van der Waals surface area contributed by atoms with Gasteiger partial charge in [0.2, 0.25) is 0 Å². The van der Waals surface area contributed by atoms with Gasteiger partial charge >= 0.3 is 0 Å². The predicted molar refractivity (Wildman–Crippen MR) is 86.2 cm³/mol. The van der Waals surface area contributed by atoms with Crippen molar-refractivity contribution < 1.29 is 0 Å². The first-order valence-electron chi connectivity index (χ1n) is 6.38. The Kier molecular flexibility index (Phi) is 6.48. The van der Waals surface area contributed by atoms with Gasteiger partial charge in [0.15, 0.2) is 7.85 Å². The third kappa shape index (κ3) is 5.45. The van der Waals surface area contributed by atoms with E-state index in [1.165, 1.54) is 0 Å². The Morgan fingerprint density at radius 2 is 2.05 bits per heavy atom. The molecule has 98 valence electrons. The summed E-state index contributed by atoms with van der Waals surface area (Å²) in [6.07, 6.45) is 9.64. The Bertz CT molecular complexity index is 487. The maximum Gasteiger partial charge on any atom is 0.160 e. The molecule has 0 bridgehead atoms. The van der Waals surface area contributed by atoms with Gasteiger partial charge in [-0.3, -0.25) is 0 Å². The molecular weight excluding hydrogens is 231 g/mol. The second kappa shape index (κ2) is 8.17. The quantitative estimate of drug-likeness (QED) is 0.602. The van der Waals surface area contributed by atoms with Gasteiger partial charge in [0.1, 0.15) is 0 Å². The molecule has 1 atom stereocenters. The van der Waals surface area contributed by atoms with E-state index in [0.29, 0.717) is 0 Å². The highest BCUT2D eigenvalue weighted by Crippen LogP contribution is 2.11. The van der Waals surface area contributed by atoms with Crippen molar-refractivity contribution in [1.82, 2.24) is 5.32 Å². The van der Waals surface area contributed by atoms with E-state index in [4.69, 9.17) is 5.73 Å². The molecule has 0 unspecified atom stereocenters. The van der Waals surface area contributed by atoms with Crippen molar-refractivity contribution in [3.05, 3.63) is 84.1 Å². The Morgan fingerprint density at radius 3 is 2.63 bits per heavy atom. The van der Waals surface area contributed by atoms with Gasteiger partial charge in [-0.05, 0) is 24.2 Å². The molecule has 1 rings (SSSR count). The van der Waals surface area contributed by atoms with E-state index in [1.807, 2.05) is 69.4 Å². The number of rotatable bonds is 6. The number of hydrogen-bond donors (Lipinski definition) is 2. The minimum Gasteiger partial charge on any atom is -0.369 e. The summed E-state index contributed by atoms with van der Waals surface area (Å²) in [4.78, 5) is 0. The first-order valence-corrected chi connectivity index (χ1v) is 6.38. The maximum absolute atomic E-state index is 6.14. The third-order valence-corrected chi connectivity index (χ3v) is 2.68. The summed E-state index contributed by atoms with van der Waals surface area (Å²) in [5.41, 5.74) is 9.30. The average molecular weight is 252 g/mol. The van der Waals surface area contributed by atoms with Crippen LogP contribution in [0.25, 0.3) is 0 Å². The van der Waals surface area contributed by atoms with E-state index in [9.17, 15) is 0 Å². The zero-order valence-electron chi connectivity index (χ0n) is 11.6. The van der Waals surface area contributed by atoms with Crippen LogP contribution in [-0.2, 0) is 0 Å². The predicted octanol–water partition coefficient (Wildman–Crippen LogP) is 2.40. The molecule has 0 aliphatic rings. The number of hydrogen-bond acceptors (Lipinski definition) is 2. The summed E-state index contributed by atoms with van der Waals surface area (Å²) in [5, 5.41) is 3.31. The van der Waals surface area contributed by atoms with Crippen LogP contribution in [0.1, 0.15) is 18.5 Å². The highest BCUT2D eigenvalue weighted by molar-refractivity contribution is 6.21. The van der Waals surface area contributed by atoms with Gasteiger partial charge in [-0.25, -0.2) is 0 Å². The van der Waals surface area contributed by atoms with Crippen molar-refractivity contribution in [3.63, 3.8) is 0 Å². The Labute approximate surface area is 116 Å². The number of nitrogens with two attached hydrogens (primary N) is 1. The first-order chi connectivity index (χ1) is 9.17. The summed E-state index contributed by atoms with van der Waals surface area (Å²) in [7, 11) is 2.01. The molecule has 2 nitrogen and oxygen atoms in total. The summed E-state index contributed by atoms with van der Waals surface area (Å²) in [5.74, 6) is 0. The van der Waals surface area contributed by atoms with Crippen molar-refractivity contribution in [3.8, 4) is 0 Å². The summed E-state index contributed by atoms with van der Waals surface area (Å²) >= 11 is 0. The van der Waals surface area contributed by atoms with Crippen LogP contribution in [0.15, 0.2) is 78.6 Å². The lowest BCUT2D eigenvalue weighted by atomic mass is 9.98. The van der Waals surface area contributed by atoms with E-state index in [2.05, 4.69) is 11.9 Å². The Balaban J connectivity index is 2.71. The molecule has 0 heterocycles. The zero-order chi connectivity index (χ0) is 14.1. The van der Waals surface area contributed by atoms with Crippen LogP contribution in [0.3, 0.4) is 0 Å². The van der Waals surface area contributed by atoms with Gasteiger partial charge in [-0.15, -0.1) is 0 Å². The molecule has 0 aliphatic carbocycles. The maximum atomic E-state index is 6.14. The lowest BCUT2D eigenvalue weighted by molar-refractivity contribution is 0.891. The standard InChI is InChI=1S/C16H21BN2/c1-3-5-11-14(4-2)19-16(17)12-15(18)13-9-7-6-8-10-13/h3-12,15,19H,1,17-18H2,2H3/b11-5-,14-4+,16-12-/t15-/m0/s1. The number of benzene rings is 1. The smallest absolute Gasteiger partial charge is 0.160 e. The zero-order valence-corrected chi connectivity index (χ0v) is 11.6. The third-order valence-electron chi connectivity index (χ3n) is 2.68. The number of allylic oxidation sites excluding steroid dienone is 4. The van der Waals surface area contributed by atoms with E-state index >= 15 is 0 Å². The van der Waals surface area contributed by atoms with Gasteiger partial charge < -0.3 is 11.1 Å². The van der Waals surface area contributed by atoms with Crippen molar-refractivity contribution in [2.24, 2.45) is 5.73 Å². The lowest BCUT2D eigenvalue weighted by Crippen LogP contribution is -2.15. The highest BCUT2D eigenvalue weighted by atomic mass is 14.9. The SMILES string of the molecule is B/C(=C/[C@H](N)c1ccccc1)NC(/C=C\C=C)=C/C. The van der Waals surface area contributed by atoms with Crippen molar-refractivity contribution in [1.29, 1.82) is 0 Å². The molecule has 3 N–H and O–H groups in total. The van der Waals surface area contributed by atoms with E-state index in [-0.39, 0.29) is 6.04 Å². The Morgan fingerprint density at radius 1 is 1.37 bits per heavy atom. The molecular formula is C16H21BN2. The van der Waals surface area contributed by atoms with Crippen LogP contribution < -0.4 is 11.1 Å². The van der Waals surface area contributed by atoms with Crippen LogP contribution >= 0.6 is 0 Å². The van der Waals surface area contributed by atoms with Gasteiger partial charge in [-0.1, -0.05) is 61.2 Å². The van der Waals surface area contributed by atoms with Crippen molar-refractivity contribution >= 4 is 7.85 Å². The van der Waals surface area contributed by atoms with E-state index < -0.39 is 0 Å². The van der Waals surface area contributed by atoms with Crippen molar-refractivity contribution in [2.45, 2.75) is 13.0 Å². The summed E-state index contributed by atoms with van der Waals surface area (Å²) in [6.45, 7) is 5.64.